The second kappa shape index (κ2) is 4.49. The third-order valence-electron chi connectivity index (χ3n) is 3.27. The molecule has 1 aliphatic heterocycles. The van der Waals surface area contributed by atoms with Crippen molar-refractivity contribution in [2.45, 2.75) is 33.3 Å². The van der Waals surface area contributed by atoms with Crippen LogP contribution in [0, 0.1) is 5.41 Å². The van der Waals surface area contributed by atoms with Crippen molar-refractivity contribution in [1.82, 2.24) is 0 Å². The summed E-state index contributed by atoms with van der Waals surface area (Å²) in [5.41, 5.74) is 2.92. The number of hydrogen-bond donors (Lipinski definition) is 1. The Hall–Kier alpha value is -1.35. The summed E-state index contributed by atoms with van der Waals surface area (Å²) < 4.78 is 5.38. The molecule has 0 atom stereocenters. The lowest BCUT2D eigenvalue weighted by Gasteiger charge is -2.21. The zero-order chi connectivity index (χ0) is 12.5. The van der Waals surface area contributed by atoms with Crippen LogP contribution < -0.4 is 0 Å². The topological polar surface area (TPSA) is 46.5 Å². The van der Waals surface area contributed by atoms with Crippen LogP contribution in [0.25, 0.3) is 0 Å². The van der Waals surface area contributed by atoms with Crippen molar-refractivity contribution in [2.75, 3.05) is 6.61 Å². The van der Waals surface area contributed by atoms with E-state index in [1.807, 2.05) is 6.07 Å². The van der Waals surface area contributed by atoms with E-state index in [-0.39, 0.29) is 0 Å². The first-order chi connectivity index (χ1) is 7.99. The molecule has 0 radical (unpaired) electrons. The Bertz CT molecular complexity index is 435. The number of carboxylic acid groups (broad SMARTS) is 1. The lowest BCUT2D eigenvalue weighted by Crippen LogP contribution is -2.26. The van der Waals surface area contributed by atoms with Gasteiger partial charge in [0.1, 0.15) is 0 Å². The van der Waals surface area contributed by atoms with E-state index in [4.69, 9.17) is 9.84 Å². The quantitative estimate of drug-likeness (QED) is 0.873. The van der Waals surface area contributed by atoms with E-state index in [0.29, 0.717) is 13.0 Å². The molecular weight excluding hydrogens is 216 g/mol. The number of fused-ring (bicyclic) bond motifs is 1. The van der Waals surface area contributed by atoms with Crippen LogP contribution in [0.4, 0.5) is 0 Å². The van der Waals surface area contributed by atoms with Gasteiger partial charge < -0.3 is 9.84 Å². The molecular formula is C14H18O3. The van der Waals surface area contributed by atoms with E-state index in [1.54, 1.807) is 13.8 Å². The van der Waals surface area contributed by atoms with Gasteiger partial charge in [-0.2, -0.15) is 0 Å². The molecule has 0 saturated carbocycles. The van der Waals surface area contributed by atoms with Crippen molar-refractivity contribution in [2.24, 2.45) is 5.41 Å². The molecule has 3 heteroatoms. The molecule has 0 aromatic heterocycles. The molecule has 1 aromatic rings. The molecule has 0 spiro atoms. The highest BCUT2D eigenvalue weighted by Crippen LogP contribution is 2.25. The Balaban J connectivity index is 2.20. The Morgan fingerprint density at radius 1 is 1.41 bits per heavy atom. The number of ether oxygens (including phenoxy) is 1. The molecule has 1 aliphatic rings. The van der Waals surface area contributed by atoms with Crippen molar-refractivity contribution >= 4 is 5.97 Å². The van der Waals surface area contributed by atoms with Gasteiger partial charge in [-0.05, 0) is 43.4 Å². The fraction of sp³-hybridized carbons (Fsp3) is 0.500. The average molecular weight is 234 g/mol. The van der Waals surface area contributed by atoms with Crippen LogP contribution in [0.15, 0.2) is 18.2 Å². The molecule has 0 unspecified atom stereocenters. The van der Waals surface area contributed by atoms with E-state index < -0.39 is 11.4 Å². The molecule has 0 aliphatic carbocycles. The minimum atomic E-state index is -0.751. The fourth-order valence-electron chi connectivity index (χ4n) is 2.11. The lowest BCUT2D eigenvalue weighted by atomic mass is 9.85. The lowest BCUT2D eigenvalue weighted by molar-refractivity contribution is -0.146. The monoisotopic (exact) mass is 234 g/mol. The minimum absolute atomic E-state index is 0.566. The maximum atomic E-state index is 11.1. The molecule has 1 heterocycles. The molecule has 3 nitrogen and oxygen atoms in total. The second-order valence-corrected chi connectivity index (χ2v) is 5.27. The number of hydrogen-bond acceptors (Lipinski definition) is 2. The van der Waals surface area contributed by atoms with Crippen molar-refractivity contribution in [1.29, 1.82) is 0 Å². The Kier molecular flexibility index (Phi) is 3.20. The minimum Gasteiger partial charge on any atom is -0.481 e. The Labute approximate surface area is 101 Å². The van der Waals surface area contributed by atoms with Crippen molar-refractivity contribution in [3.63, 3.8) is 0 Å². The van der Waals surface area contributed by atoms with E-state index in [9.17, 15) is 4.79 Å². The first kappa shape index (κ1) is 12.1. The smallest absolute Gasteiger partial charge is 0.309 e. The number of carboxylic acids is 1. The molecule has 2 rings (SSSR count). The zero-order valence-electron chi connectivity index (χ0n) is 10.3. The van der Waals surface area contributed by atoms with E-state index in [1.165, 1.54) is 11.1 Å². The summed E-state index contributed by atoms with van der Waals surface area (Å²) in [6, 6.07) is 6.20. The third kappa shape index (κ3) is 2.67. The van der Waals surface area contributed by atoms with Gasteiger partial charge in [-0.1, -0.05) is 18.2 Å². The van der Waals surface area contributed by atoms with Crippen molar-refractivity contribution in [3.05, 3.63) is 34.9 Å². The molecule has 0 amide bonds. The van der Waals surface area contributed by atoms with Gasteiger partial charge in [-0.15, -0.1) is 0 Å². The number of benzene rings is 1. The van der Waals surface area contributed by atoms with Crippen LogP contribution in [-0.4, -0.2) is 17.7 Å². The molecule has 1 N–H and O–H groups in total. The summed E-state index contributed by atoms with van der Waals surface area (Å²) >= 11 is 0. The van der Waals surface area contributed by atoms with E-state index in [2.05, 4.69) is 12.1 Å². The summed E-state index contributed by atoms with van der Waals surface area (Å²) in [5, 5.41) is 9.12. The highest BCUT2D eigenvalue weighted by atomic mass is 16.5. The predicted molar refractivity (Wildman–Crippen MR) is 64.9 cm³/mol. The van der Waals surface area contributed by atoms with Gasteiger partial charge in [0.05, 0.1) is 18.6 Å². The maximum absolute atomic E-state index is 11.1. The van der Waals surface area contributed by atoms with Crippen molar-refractivity contribution in [3.8, 4) is 0 Å². The largest absolute Gasteiger partial charge is 0.481 e. The molecule has 0 bridgehead atoms. The number of rotatable bonds is 3. The van der Waals surface area contributed by atoms with Crippen LogP contribution in [0.3, 0.4) is 0 Å². The van der Waals surface area contributed by atoms with Gasteiger partial charge in [-0.3, -0.25) is 4.79 Å². The van der Waals surface area contributed by atoms with Crippen LogP contribution in [0.2, 0.25) is 0 Å². The predicted octanol–water partition coefficient (Wildman–Crippen LogP) is 2.41. The molecule has 0 saturated heterocycles. The molecule has 0 fully saturated rings. The third-order valence-corrected chi connectivity index (χ3v) is 3.27. The average Bonchev–Trinajstić information content (AvgIpc) is 2.28. The van der Waals surface area contributed by atoms with Gasteiger partial charge in [0.15, 0.2) is 0 Å². The molecule has 1 aromatic carbocycles. The van der Waals surface area contributed by atoms with Crippen LogP contribution >= 0.6 is 0 Å². The Morgan fingerprint density at radius 3 is 2.88 bits per heavy atom. The summed E-state index contributed by atoms with van der Waals surface area (Å²) in [6.45, 7) is 4.96. The van der Waals surface area contributed by atoms with Crippen LogP contribution in [0.5, 0.6) is 0 Å². The normalized spacial score (nSPS) is 15.4. The van der Waals surface area contributed by atoms with Crippen LogP contribution in [-0.2, 0) is 29.0 Å². The van der Waals surface area contributed by atoms with Crippen LogP contribution in [0.1, 0.15) is 30.5 Å². The SMILES string of the molecule is CC(C)(Cc1ccc2c(c1)CCOC2)C(=O)O. The fourth-order valence-corrected chi connectivity index (χ4v) is 2.11. The molecule has 92 valence electrons. The summed E-state index contributed by atoms with van der Waals surface area (Å²) in [6.07, 6.45) is 1.49. The highest BCUT2D eigenvalue weighted by Gasteiger charge is 2.27. The van der Waals surface area contributed by atoms with E-state index in [0.717, 1.165) is 18.6 Å². The first-order valence-corrected chi connectivity index (χ1v) is 5.91. The molecule has 17 heavy (non-hydrogen) atoms. The summed E-state index contributed by atoms with van der Waals surface area (Å²) in [5.74, 6) is -0.751. The van der Waals surface area contributed by atoms with Gasteiger partial charge in [0.25, 0.3) is 0 Å². The summed E-state index contributed by atoms with van der Waals surface area (Å²) in [7, 11) is 0. The number of carbonyl (C=O) groups is 1. The first-order valence-electron chi connectivity index (χ1n) is 5.91. The van der Waals surface area contributed by atoms with Gasteiger partial charge >= 0.3 is 5.97 Å². The second-order valence-electron chi connectivity index (χ2n) is 5.27. The highest BCUT2D eigenvalue weighted by molar-refractivity contribution is 5.74. The van der Waals surface area contributed by atoms with E-state index >= 15 is 0 Å². The standard InChI is InChI=1S/C14H18O3/c1-14(2,13(15)16)8-10-3-4-12-9-17-6-5-11(12)7-10/h3-4,7H,5-6,8-9H2,1-2H3,(H,15,16). The number of aliphatic carboxylic acids is 1. The Morgan fingerprint density at radius 2 is 2.18 bits per heavy atom. The van der Waals surface area contributed by atoms with Crippen molar-refractivity contribution < 1.29 is 14.6 Å². The summed E-state index contributed by atoms with van der Waals surface area (Å²) in [4.78, 5) is 11.1. The van der Waals surface area contributed by atoms with Gasteiger partial charge in [0.2, 0.25) is 0 Å². The maximum Gasteiger partial charge on any atom is 0.309 e. The van der Waals surface area contributed by atoms with Gasteiger partial charge in [0, 0.05) is 0 Å². The van der Waals surface area contributed by atoms with Gasteiger partial charge in [-0.25, -0.2) is 0 Å². The zero-order valence-corrected chi connectivity index (χ0v) is 10.3.